The molecule has 0 unspecified atom stereocenters. The highest BCUT2D eigenvalue weighted by atomic mass is 35.5. The average Bonchev–Trinajstić information content (AvgIpc) is 3.41. The molecule has 0 saturated carbocycles. The zero-order valence-electron chi connectivity index (χ0n) is 18.1. The van der Waals surface area contributed by atoms with Gasteiger partial charge in [0.15, 0.2) is 11.5 Å². The molecule has 0 radical (unpaired) electrons. The van der Waals surface area contributed by atoms with Crippen molar-refractivity contribution < 1.29 is 18.9 Å². The van der Waals surface area contributed by atoms with Crippen LogP contribution >= 0.6 is 24.8 Å². The second-order valence-electron chi connectivity index (χ2n) is 8.31. The van der Waals surface area contributed by atoms with Crippen LogP contribution in [-0.4, -0.2) is 57.5 Å². The van der Waals surface area contributed by atoms with Crippen LogP contribution in [0.5, 0.6) is 23.0 Å². The van der Waals surface area contributed by atoms with Gasteiger partial charge in [0.05, 0.1) is 14.2 Å². The number of likely N-dealkylation sites (tertiary alicyclic amines) is 2. The number of halogens is 2. The molecule has 170 valence electrons. The zero-order valence-corrected chi connectivity index (χ0v) is 19.7. The first-order valence-corrected chi connectivity index (χ1v) is 10.2. The molecule has 0 bridgehead atoms. The van der Waals surface area contributed by atoms with Crippen molar-refractivity contribution in [2.75, 3.05) is 47.7 Å². The second-order valence-corrected chi connectivity index (χ2v) is 8.31. The molecule has 0 N–H and O–H groups in total. The highest BCUT2D eigenvalue weighted by Crippen LogP contribution is 2.46. The van der Waals surface area contributed by atoms with Gasteiger partial charge in [-0.25, -0.2) is 0 Å². The molecule has 8 heteroatoms. The lowest BCUT2D eigenvalue weighted by Gasteiger charge is -2.27. The van der Waals surface area contributed by atoms with E-state index < -0.39 is 0 Å². The summed E-state index contributed by atoms with van der Waals surface area (Å²) >= 11 is 0. The Morgan fingerprint density at radius 1 is 0.968 bits per heavy atom. The number of fused-ring (bicyclic) bond motifs is 2. The van der Waals surface area contributed by atoms with Crippen LogP contribution in [0, 0.1) is 11.8 Å². The Bertz CT molecular complexity index is 896. The van der Waals surface area contributed by atoms with Crippen LogP contribution in [0.15, 0.2) is 36.4 Å². The predicted octanol–water partition coefficient (Wildman–Crippen LogP) is 4.01. The monoisotopic (exact) mass is 468 g/mol. The molecule has 3 aliphatic heterocycles. The summed E-state index contributed by atoms with van der Waals surface area (Å²) in [4.78, 5) is 5.08. The van der Waals surface area contributed by atoms with Gasteiger partial charge in [0.25, 0.3) is 0 Å². The summed E-state index contributed by atoms with van der Waals surface area (Å²) in [6.07, 6.45) is 0. The maximum Gasteiger partial charge on any atom is 0.231 e. The van der Waals surface area contributed by atoms with Crippen LogP contribution in [-0.2, 0) is 6.54 Å². The van der Waals surface area contributed by atoms with Crippen LogP contribution in [0.3, 0.4) is 0 Å². The van der Waals surface area contributed by atoms with Gasteiger partial charge in [-0.15, -0.1) is 24.8 Å². The van der Waals surface area contributed by atoms with E-state index in [0.29, 0.717) is 17.9 Å². The van der Waals surface area contributed by atoms with Crippen LogP contribution < -0.4 is 18.9 Å². The van der Waals surface area contributed by atoms with E-state index in [2.05, 4.69) is 53.2 Å². The normalized spacial score (nSPS) is 24.3. The minimum Gasteiger partial charge on any atom is -0.497 e. The van der Waals surface area contributed by atoms with Crippen molar-refractivity contribution in [3.05, 3.63) is 47.5 Å². The van der Waals surface area contributed by atoms with E-state index >= 15 is 0 Å². The van der Waals surface area contributed by atoms with Crippen molar-refractivity contribution in [3.63, 3.8) is 0 Å². The first kappa shape index (κ1) is 23.8. The molecule has 3 heterocycles. The van der Waals surface area contributed by atoms with Gasteiger partial charge >= 0.3 is 0 Å². The van der Waals surface area contributed by atoms with Crippen molar-refractivity contribution >= 4 is 24.8 Å². The SMILES string of the molecule is COc1ccc([C@H]2[C@@H]3CN(Cc4cc(OC)c5c(c4)OCO5)C[C@@H]3CN2C)cc1.Cl.Cl. The van der Waals surface area contributed by atoms with Crippen molar-refractivity contribution in [1.29, 1.82) is 0 Å². The Kier molecular flexibility index (Phi) is 7.47. The van der Waals surface area contributed by atoms with Crippen molar-refractivity contribution in [1.82, 2.24) is 9.80 Å². The molecule has 0 amide bonds. The maximum atomic E-state index is 5.59. The molecule has 5 rings (SSSR count). The lowest BCUT2D eigenvalue weighted by atomic mass is 9.89. The molecular weight excluding hydrogens is 439 g/mol. The third-order valence-corrected chi connectivity index (χ3v) is 6.55. The summed E-state index contributed by atoms with van der Waals surface area (Å²) in [5.41, 5.74) is 2.59. The summed E-state index contributed by atoms with van der Waals surface area (Å²) in [6.45, 7) is 4.53. The van der Waals surface area contributed by atoms with Gasteiger partial charge in [0.1, 0.15) is 5.75 Å². The number of ether oxygens (including phenoxy) is 4. The number of hydrogen-bond acceptors (Lipinski definition) is 6. The predicted molar refractivity (Wildman–Crippen MR) is 124 cm³/mol. The number of benzene rings is 2. The van der Waals surface area contributed by atoms with E-state index in [4.69, 9.17) is 18.9 Å². The van der Waals surface area contributed by atoms with Gasteiger partial charge in [-0.3, -0.25) is 9.80 Å². The minimum atomic E-state index is 0. The van der Waals surface area contributed by atoms with Gasteiger partial charge in [-0.2, -0.15) is 0 Å². The molecule has 2 aromatic carbocycles. The standard InChI is InChI=1S/C23H28N2O4.2ClH/c1-24-11-17-12-25(10-15-8-20(27-3)23-21(9-15)28-14-29-23)13-19(17)22(24)16-4-6-18(26-2)7-5-16;;/h4-9,17,19,22H,10-14H2,1-3H3;2*1H/t17-,19+,22-;;/m0../s1. The number of nitrogens with zero attached hydrogens (tertiary/aromatic N) is 2. The largest absolute Gasteiger partial charge is 0.497 e. The Balaban J connectivity index is 0.00000136. The summed E-state index contributed by atoms with van der Waals surface area (Å²) in [5.74, 6) is 4.51. The van der Waals surface area contributed by atoms with E-state index in [-0.39, 0.29) is 31.6 Å². The quantitative estimate of drug-likeness (QED) is 0.660. The zero-order chi connectivity index (χ0) is 20.0. The van der Waals surface area contributed by atoms with Crippen molar-refractivity contribution in [3.8, 4) is 23.0 Å². The van der Waals surface area contributed by atoms with Crippen molar-refractivity contribution in [2.24, 2.45) is 11.8 Å². The van der Waals surface area contributed by atoms with Gasteiger partial charge < -0.3 is 18.9 Å². The fraction of sp³-hybridized carbons (Fsp3) is 0.478. The molecule has 2 saturated heterocycles. The fourth-order valence-electron chi connectivity index (χ4n) is 5.32. The third-order valence-electron chi connectivity index (χ3n) is 6.55. The topological polar surface area (TPSA) is 43.4 Å². The molecule has 31 heavy (non-hydrogen) atoms. The summed E-state index contributed by atoms with van der Waals surface area (Å²) < 4.78 is 21.9. The molecular formula is C23H30Cl2N2O4. The summed E-state index contributed by atoms with van der Waals surface area (Å²) in [5, 5.41) is 0. The molecule has 0 aliphatic carbocycles. The number of rotatable bonds is 5. The Morgan fingerprint density at radius 3 is 2.45 bits per heavy atom. The van der Waals surface area contributed by atoms with Gasteiger partial charge in [0.2, 0.25) is 12.5 Å². The van der Waals surface area contributed by atoms with E-state index in [1.807, 2.05) is 0 Å². The lowest BCUT2D eigenvalue weighted by molar-refractivity contribution is 0.171. The highest BCUT2D eigenvalue weighted by Gasteiger charge is 2.46. The highest BCUT2D eigenvalue weighted by molar-refractivity contribution is 5.85. The number of methoxy groups -OCH3 is 2. The first-order valence-electron chi connectivity index (χ1n) is 10.2. The first-order chi connectivity index (χ1) is 14.2. The Hall–Kier alpha value is -1.86. The van der Waals surface area contributed by atoms with E-state index in [1.54, 1.807) is 14.2 Å². The molecule has 3 aliphatic rings. The Labute approximate surface area is 196 Å². The van der Waals surface area contributed by atoms with Gasteiger partial charge in [-0.1, -0.05) is 12.1 Å². The van der Waals surface area contributed by atoms with E-state index in [9.17, 15) is 0 Å². The molecule has 6 nitrogen and oxygen atoms in total. The van der Waals surface area contributed by atoms with Crippen LogP contribution in [0.4, 0.5) is 0 Å². The fourth-order valence-corrected chi connectivity index (χ4v) is 5.32. The summed E-state index contributed by atoms with van der Waals surface area (Å²) in [6, 6.07) is 13.2. The minimum absolute atomic E-state index is 0. The number of hydrogen-bond donors (Lipinski definition) is 0. The van der Waals surface area contributed by atoms with E-state index in [1.165, 1.54) is 11.1 Å². The Morgan fingerprint density at radius 2 is 1.74 bits per heavy atom. The van der Waals surface area contributed by atoms with E-state index in [0.717, 1.165) is 49.2 Å². The molecule has 0 aromatic heterocycles. The maximum absolute atomic E-state index is 5.59. The van der Waals surface area contributed by atoms with Crippen LogP contribution in [0.25, 0.3) is 0 Å². The van der Waals surface area contributed by atoms with Gasteiger partial charge in [0, 0.05) is 32.2 Å². The molecule has 2 aromatic rings. The van der Waals surface area contributed by atoms with Gasteiger partial charge in [-0.05, 0) is 54.3 Å². The lowest BCUT2D eigenvalue weighted by Crippen LogP contribution is -2.28. The summed E-state index contributed by atoms with van der Waals surface area (Å²) in [7, 11) is 5.64. The molecule has 3 atom stereocenters. The second kappa shape index (κ2) is 9.74. The van der Waals surface area contributed by atoms with Crippen LogP contribution in [0.1, 0.15) is 17.2 Å². The van der Waals surface area contributed by atoms with Crippen molar-refractivity contribution in [2.45, 2.75) is 12.6 Å². The molecule has 2 fully saturated rings. The molecule has 0 spiro atoms. The van der Waals surface area contributed by atoms with Crippen LogP contribution in [0.2, 0.25) is 0 Å². The average molecular weight is 469 g/mol. The smallest absolute Gasteiger partial charge is 0.231 e. The third kappa shape index (κ3) is 4.40.